The van der Waals surface area contributed by atoms with Crippen molar-refractivity contribution in [2.24, 2.45) is 5.92 Å². The van der Waals surface area contributed by atoms with Crippen LogP contribution >= 0.6 is 0 Å². The van der Waals surface area contributed by atoms with Crippen molar-refractivity contribution in [3.8, 4) is 0 Å². The van der Waals surface area contributed by atoms with Crippen LogP contribution in [0.4, 0.5) is 0 Å². The molecule has 0 aliphatic carbocycles. The van der Waals surface area contributed by atoms with Gasteiger partial charge in [-0.25, -0.2) is 0 Å². The summed E-state index contributed by atoms with van der Waals surface area (Å²) in [5.41, 5.74) is -1.18. The Morgan fingerprint density at radius 2 is 1.94 bits per heavy atom. The van der Waals surface area contributed by atoms with Gasteiger partial charge in [0.1, 0.15) is 0 Å². The van der Waals surface area contributed by atoms with E-state index in [0.717, 1.165) is 0 Å². The van der Waals surface area contributed by atoms with Crippen molar-refractivity contribution in [2.45, 2.75) is 39.3 Å². The molecule has 0 rings (SSSR count). The van der Waals surface area contributed by atoms with Crippen molar-refractivity contribution in [1.29, 1.82) is 0 Å². The van der Waals surface area contributed by atoms with Crippen molar-refractivity contribution >= 4 is 5.91 Å². The largest absolute Gasteiger partial charge is 0.393 e. The molecule has 2 atom stereocenters. The molecular weight excluding hydrogens is 208 g/mol. The molecule has 0 aliphatic heterocycles. The van der Waals surface area contributed by atoms with Crippen LogP contribution in [-0.4, -0.2) is 47.5 Å². The average molecular weight is 232 g/mol. The molecule has 0 spiro atoms. The Labute approximate surface area is 97.2 Å². The molecule has 0 heterocycles. The average Bonchev–Trinajstić information content (AvgIpc) is 2.17. The smallest absolute Gasteiger partial charge is 0.234 e. The van der Waals surface area contributed by atoms with Gasteiger partial charge in [0, 0.05) is 12.6 Å². The fourth-order valence-electron chi connectivity index (χ4n) is 0.973. The van der Waals surface area contributed by atoms with Crippen LogP contribution in [-0.2, 0) is 4.79 Å². The Bertz CT molecular complexity index is 217. The maximum absolute atomic E-state index is 11.4. The Morgan fingerprint density at radius 1 is 1.38 bits per heavy atom. The topological polar surface area (TPSA) is 81.6 Å². The molecule has 4 N–H and O–H groups in total. The summed E-state index contributed by atoms with van der Waals surface area (Å²) in [5, 5.41) is 23.9. The van der Waals surface area contributed by atoms with E-state index < -0.39 is 5.60 Å². The van der Waals surface area contributed by atoms with Crippen LogP contribution in [0.2, 0.25) is 0 Å². The fourth-order valence-corrected chi connectivity index (χ4v) is 0.973. The highest BCUT2D eigenvalue weighted by Crippen LogP contribution is 1.99. The van der Waals surface area contributed by atoms with Crippen LogP contribution in [0.25, 0.3) is 0 Å². The Morgan fingerprint density at radius 3 is 2.38 bits per heavy atom. The highest BCUT2D eigenvalue weighted by Gasteiger charge is 2.18. The van der Waals surface area contributed by atoms with Gasteiger partial charge in [-0.2, -0.15) is 0 Å². The first-order chi connectivity index (χ1) is 7.28. The van der Waals surface area contributed by atoms with Gasteiger partial charge in [-0.3, -0.25) is 4.79 Å². The van der Waals surface area contributed by atoms with E-state index in [2.05, 4.69) is 10.6 Å². The van der Waals surface area contributed by atoms with E-state index in [1.54, 1.807) is 0 Å². The number of carbonyl (C=O) groups is 1. The van der Waals surface area contributed by atoms with Crippen molar-refractivity contribution in [3.05, 3.63) is 0 Å². The summed E-state index contributed by atoms with van der Waals surface area (Å²) in [6, 6.07) is 0.132. The number of amides is 1. The molecule has 0 aromatic carbocycles. The maximum Gasteiger partial charge on any atom is 0.234 e. The number of nitrogens with one attached hydrogen (secondary N) is 2. The lowest BCUT2D eigenvalue weighted by atomic mass is 10.1. The SMILES string of the molecule is CC(C)C(C)NC(=O)CNCC(C)(O)CO. The second-order valence-electron chi connectivity index (χ2n) is 4.86. The highest BCUT2D eigenvalue weighted by atomic mass is 16.3. The molecule has 5 heteroatoms. The van der Waals surface area contributed by atoms with Gasteiger partial charge < -0.3 is 20.8 Å². The Hall–Kier alpha value is -0.650. The summed E-state index contributed by atoms with van der Waals surface area (Å²) in [4.78, 5) is 11.4. The second-order valence-corrected chi connectivity index (χ2v) is 4.86. The Balaban J connectivity index is 3.75. The monoisotopic (exact) mass is 232 g/mol. The minimum absolute atomic E-state index is 0.102. The van der Waals surface area contributed by atoms with Gasteiger partial charge in [0.15, 0.2) is 0 Å². The van der Waals surface area contributed by atoms with Gasteiger partial charge in [0.2, 0.25) is 5.91 Å². The predicted molar refractivity (Wildman–Crippen MR) is 63.0 cm³/mol. The van der Waals surface area contributed by atoms with Crippen molar-refractivity contribution < 1.29 is 15.0 Å². The van der Waals surface area contributed by atoms with Gasteiger partial charge in [0.25, 0.3) is 0 Å². The third-order valence-corrected chi connectivity index (χ3v) is 2.52. The highest BCUT2D eigenvalue weighted by molar-refractivity contribution is 5.78. The van der Waals surface area contributed by atoms with E-state index in [0.29, 0.717) is 5.92 Å². The quantitative estimate of drug-likeness (QED) is 0.476. The molecule has 0 saturated heterocycles. The minimum Gasteiger partial charge on any atom is -0.393 e. The lowest BCUT2D eigenvalue weighted by molar-refractivity contribution is -0.121. The van der Waals surface area contributed by atoms with Crippen LogP contribution in [0.15, 0.2) is 0 Å². The summed E-state index contributed by atoms with van der Waals surface area (Å²) >= 11 is 0. The van der Waals surface area contributed by atoms with E-state index in [-0.39, 0.29) is 31.6 Å². The molecule has 0 aromatic heterocycles. The van der Waals surface area contributed by atoms with Gasteiger partial charge >= 0.3 is 0 Å². The molecule has 0 radical (unpaired) electrons. The summed E-state index contributed by atoms with van der Waals surface area (Å²) in [6.45, 7) is 7.54. The van der Waals surface area contributed by atoms with Gasteiger partial charge in [-0.1, -0.05) is 13.8 Å². The van der Waals surface area contributed by atoms with Crippen molar-refractivity contribution in [3.63, 3.8) is 0 Å². The number of hydrogen-bond donors (Lipinski definition) is 4. The first-order valence-electron chi connectivity index (χ1n) is 5.62. The van der Waals surface area contributed by atoms with E-state index >= 15 is 0 Å². The van der Waals surface area contributed by atoms with Crippen LogP contribution in [0.3, 0.4) is 0 Å². The van der Waals surface area contributed by atoms with Gasteiger partial charge in [-0.15, -0.1) is 0 Å². The van der Waals surface area contributed by atoms with Gasteiger partial charge in [0.05, 0.1) is 18.8 Å². The van der Waals surface area contributed by atoms with Crippen molar-refractivity contribution in [2.75, 3.05) is 19.7 Å². The molecule has 0 fully saturated rings. The molecule has 16 heavy (non-hydrogen) atoms. The van der Waals surface area contributed by atoms with Crippen LogP contribution in [0.5, 0.6) is 0 Å². The first kappa shape index (κ1) is 15.3. The van der Waals surface area contributed by atoms with Crippen molar-refractivity contribution in [1.82, 2.24) is 10.6 Å². The lowest BCUT2D eigenvalue weighted by Crippen LogP contribution is -2.46. The number of aliphatic hydroxyl groups excluding tert-OH is 1. The third kappa shape index (κ3) is 6.76. The molecule has 96 valence electrons. The fraction of sp³-hybridized carbons (Fsp3) is 0.909. The minimum atomic E-state index is -1.18. The molecule has 1 amide bonds. The molecule has 5 nitrogen and oxygen atoms in total. The molecular formula is C11H24N2O3. The summed E-state index contributed by atoms with van der Waals surface area (Å²) < 4.78 is 0. The normalized spacial score (nSPS) is 16.9. The molecule has 0 saturated carbocycles. The third-order valence-electron chi connectivity index (χ3n) is 2.52. The van der Waals surface area contributed by atoms with Crippen LogP contribution < -0.4 is 10.6 Å². The summed E-state index contributed by atoms with van der Waals surface area (Å²) in [7, 11) is 0. The maximum atomic E-state index is 11.4. The van der Waals surface area contributed by atoms with Gasteiger partial charge in [-0.05, 0) is 19.8 Å². The Kier molecular flexibility index (Phi) is 6.55. The number of hydrogen-bond acceptors (Lipinski definition) is 4. The van der Waals surface area contributed by atoms with Crippen LogP contribution in [0, 0.1) is 5.92 Å². The van der Waals surface area contributed by atoms with E-state index in [4.69, 9.17) is 5.11 Å². The van der Waals surface area contributed by atoms with E-state index in [1.807, 2.05) is 20.8 Å². The molecule has 0 aromatic rings. The van der Waals surface area contributed by atoms with Crippen LogP contribution in [0.1, 0.15) is 27.7 Å². The van der Waals surface area contributed by atoms with E-state index in [1.165, 1.54) is 6.92 Å². The zero-order valence-corrected chi connectivity index (χ0v) is 10.6. The summed E-state index contributed by atoms with van der Waals surface area (Å²) in [6.07, 6.45) is 0. The number of aliphatic hydroxyl groups is 2. The molecule has 0 bridgehead atoms. The number of rotatable bonds is 7. The molecule has 2 unspecified atom stereocenters. The predicted octanol–water partition coefficient (Wildman–Crippen LogP) is -0.520. The molecule has 0 aliphatic rings. The zero-order valence-electron chi connectivity index (χ0n) is 10.6. The second kappa shape index (κ2) is 6.83. The lowest BCUT2D eigenvalue weighted by Gasteiger charge is -2.21. The summed E-state index contributed by atoms with van der Waals surface area (Å²) in [5.74, 6) is 0.291. The van der Waals surface area contributed by atoms with E-state index in [9.17, 15) is 9.90 Å². The first-order valence-corrected chi connectivity index (χ1v) is 5.62. The zero-order chi connectivity index (χ0) is 12.8. The standard InChI is InChI=1S/C11H24N2O3/c1-8(2)9(3)13-10(15)5-12-6-11(4,16)7-14/h8-9,12,14,16H,5-7H2,1-4H3,(H,13,15). The number of carbonyl (C=O) groups excluding carboxylic acids is 1.